The number of hydrogen-bond acceptors (Lipinski definition) is 7. The number of aliphatic carboxylic acids is 2. The maximum atomic E-state index is 11.0. The molecule has 1 rings (SSSR count). The van der Waals surface area contributed by atoms with Crippen LogP contribution in [0, 0.1) is 0 Å². The van der Waals surface area contributed by atoms with E-state index in [0.717, 1.165) is 13.1 Å². The van der Waals surface area contributed by atoms with Crippen LogP contribution in [0.4, 0.5) is 0 Å². The molecule has 1 fully saturated rings. The van der Waals surface area contributed by atoms with Crippen LogP contribution in [0.1, 0.15) is 0 Å². The molecule has 0 aliphatic carbocycles. The molecule has 1 saturated heterocycles. The lowest BCUT2D eigenvalue weighted by Gasteiger charge is -2.31. The summed E-state index contributed by atoms with van der Waals surface area (Å²) in [6.07, 6.45) is 0. The van der Waals surface area contributed by atoms with Gasteiger partial charge in [-0.1, -0.05) is 0 Å². The van der Waals surface area contributed by atoms with Gasteiger partial charge in [0.25, 0.3) is 0 Å². The van der Waals surface area contributed by atoms with Crippen LogP contribution < -0.4 is 0 Å². The first-order valence-corrected chi connectivity index (χ1v) is 7.80. The van der Waals surface area contributed by atoms with E-state index in [1.165, 1.54) is 0 Å². The normalized spacial score (nSPS) is 21.5. The molecule has 0 spiro atoms. The van der Waals surface area contributed by atoms with Crippen molar-refractivity contribution in [3.8, 4) is 0 Å². The predicted molar refractivity (Wildman–Crippen MR) is 84.3 cm³/mol. The molecule has 1 aliphatic heterocycles. The van der Waals surface area contributed by atoms with Gasteiger partial charge in [0.05, 0.1) is 19.8 Å². The van der Waals surface area contributed by atoms with Crippen LogP contribution in [0.2, 0.25) is 0 Å². The molecule has 0 unspecified atom stereocenters. The van der Waals surface area contributed by atoms with E-state index in [0.29, 0.717) is 39.3 Å². The number of nitrogens with zero attached hydrogens (tertiary/aromatic N) is 4. The summed E-state index contributed by atoms with van der Waals surface area (Å²) in [5, 5.41) is 27.4. The SMILES string of the molecule is CN1CCN(CO)CCN(CC(=O)O)CCN(CC(=O)O)CC1. The Labute approximate surface area is 136 Å². The van der Waals surface area contributed by atoms with Crippen molar-refractivity contribution >= 4 is 11.9 Å². The molecule has 9 heteroatoms. The van der Waals surface area contributed by atoms with Crippen molar-refractivity contribution in [1.29, 1.82) is 0 Å². The molecule has 0 aromatic carbocycles. The van der Waals surface area contributed by atoms with Crippen LogP contribution in [0.3, 0.4) is 0 Å². The molecule has 0 saturated carbocycles. The Bertz CT molecular complexity index is 382. The summed E-state index contributed by atoms with van der Waals surface area (Å²) in [6.45, 7) is 4.71. The van der Waals surface area contributed by atoms with Crippen LogP contribution in [-0.4, -0.2) is 126 Å². The van der Waals surface area contributed by atoms with Gasteiger partial charge in [-0.25, -0.2) is 0 Å². The molecule has 1 aliphatic rings. The first-order chi connectivity index (χ1) is 10.9. The number of carboxylic acid groups (broad SMARTS) is 2. The Morgan fingerprint density at radius 2 is 1.09 bits per heavy atom. The van der Waals surface area contributed by atoms with Crippen LogP contribution in [0.5, 0.6) is 0 Å². The number of likely N-dealkylation sites (N-methyl/N-ethyl adjacent to an activating group) is 1. The number of aliphatic hydroxyl groups is 1. The number of rotatable bonds is 5. The molecule has 1 heterocycles. The molecule has 0 atom stereocenters. The quantitative estimate of drug-likeness (QED) is 0.524. The zero-order chi connectivity index (χ0) is 17.2. The van der Waals surface area contributed by atoms with Crippen LogP contribution in [0.25, 0.3) is 0 Å². The second kappa shape index (κ2) is 10.5. The van der Waals surface area contributed by atoms with Crippen molar-refractivity contribution in [3.63, 3.8) is 0 Å². The smallest absolute Gasteiger partial charge is 0.317 e. The van der Waals surface area contributed by atoms with E-state index in [9.17, 15) is 14.7 Å². The number of aliphatic hydroxyl groups excluding tert-OH is 1. The monoisotopic (exact) mass is 332 g/mol. The summed E-state index contributed by atoms with van der Waals surface area (Å²) in [4.78, 5) is 29.5. The molecule has 3 N–H and O–H groups in total. The minimum absolute atomic E-state index is 0.0441. The number of carboxylic acids is 2. The van der Waals surface area contributed by atoms with E-state index in [1.54, 1.807) is 4.90 Å². The van der Waals surface area contributed by atoms with Gasteiger partial charge in [-0.3, -0.25) is 24.3 Å². The van der Waals surface area contributed by atoms with Gasteiger partial charge in [-0.15, -0.1) is 0 Å². The molecular weight excluding hydrogens is 304 g/mol. The Morgan fingerprint density at radius 3 is 1.48 bits per heavy atom. The minimum Gasteiger partial charge on any atom is -0.480 e. The van der Waals surface area contributed by atoms with E-state index in [4.69, 9.17) is 10.2 Å². The van der Waals surface area contributed by atoms with E-state index in [2.05, 4.69) is 4.90 Å². The molecule has 0 radical (unpaired) electrons. The van der Waals surface area contributed by atoms with Gasteiger partial charge in [-0.2, -0.15) is 0 Å². The summed E-state index contributed by atoms with van der Waals surface area (Å²) in [5.74, 6) is -1.78. The predicted octanol–water partition coefficient (Wildman–Crippen LogP) is -2.04. The summed E-state index contributed by atoms with van der Waals surface area (Å²) >= 11 is 0. The zero-order valence-electron chi connectivity index (χ0n) is 13.7. The van der Waals surface area contributed by atoms with Crippen LogP contribution in [-0.2, 0) is 9.59 Å². The van der Waals surface area contributed by atoms with Crippen LogP contribution >= 0.6 is 0 Å². The van der Waals surface area contributed by atoms with Gasteiger partial charge in [0.15, 0.2) is 0 Å². The maximum Gasteiger partial charge on any atom is 0.317 e. The van der Waals surface area contributed by atoms with Crippen molar-refractivity contribution < 1.29 is 24.9 Å². The molecule has 0 aromatic heterocycles. The van der Waals surface area contributed by atoms with Crippen molar-refractivity contribution in [1.82, 2.24) is 19.6 Å². The van der Waals surface area contributed by atoms with Crippen molar-refractivity contribution in [2.75, 3.05) is 79.2 Å². The molecule has 0 aromatic rings. The van der Waals surface area contributed by atoms with E-state index in [1.807, 2.05) is 16.8 Å². The molecular formula is C14H28N4O5. The standard InChI is InChI=1S/C14H28N4O5/c1-15-2-4-16(10-13(20)21)6-7-17(11-14(22)23)8-9-18(12-19)5-3-15/h19H,2-12H2,1H3,(H,20,21)(H,22,23). The highest BCUT2D eigenvalue weighted by Crippen LogP contribution is 1.99. The Kier molecular flexibility index (Phi) is 9.03. The van der Waals surface area contributed by atoms with E-state index < -0.39 is 11.9 Å². The third kappa shape index (κ3) is 8.82. The fourth-order valence-electron chi connectivity index (χ4n) is 2.48. The van der Waals surface area contributed by atoms with Gasteiger partial charge >= 0.3 is 11.9 Å². The third-order valence-corrected chi connectivity index (χ3v) is 3.98. The summed E-state index contributed by atoms with van der Waals surface area (Å²) in [6, 6.07) is 0. The van der Waals surface area contributed by atoms with Gasteiger partial charge in [-0.05, 0) is 7.05 Å². The minimum atomic E-state index is -0.905. The van der Waals surface area contributed by atoms with Gasteiger partial charge < -0.3 is 20.2 Å². The van der Waals surface area contributed by atoms with Gasteiger partial charge in [0, 0.05) is 52.4 Å². The highest BCUT2D eigenvalue weighted by Gasteiger charge is 2.17. The van der Waals surface area contributed by atoms with Crippen LogP contribution in [0.15, 0.2) is 0 Å². The van der Waals surface area contributed by atoms with Crippen molar-refractivity contribution in [2.45, 2.75) is 0 Å². The Hall–Kier alpha value is -1.26. The lowest BCUT2D eigenvalue weighted by Crippen LogP contribution is -2.47. The highest BCUT2D eigenvalue weighted by atomic mass is 16.4. The largest absolute Gasteiger partial charge is 0.480 e. The molecule has 134 valence electrons. The third-order valence-electron chi connectivity index (χ3n) is 3.98. The van der Waals surface area contributed by atoms with Crippen molar-refractivity contribution in [2.24, 2.45) is 0 Å². The molecule has 9 nitrogen and oxygen atoms in total. The first kappa shape index (κ1) is 19.8. The second-order valence-electron chi connectivity index (χ2n) is 5.90. The van der Waals surface area contributed by atoms with Crippen molar-refractivity contribution in [3.05, 3.63) is 0 Å². The highest BCUT2D eigenvalue weighted by molar-refractivity contribution is 5.69. The number of carbonyl (C=O) groups is 2. The lowest BCUT2D eigenvalue weighted by atomic mass is 10.3. The fourth-order valence-corrected chi connectivity index (χ4v) is 2.48. The lowest BCUT2D eigenvalue weighted by molar-refractivity contribution is -0.140. The molecule has 0 amide bonds. The first-order valence-electron chi connectivity index (χ1n) is 7.80. The molecule has 0 bridgehead atoms. The average Bonchev–Trinajstić information content (AvgIpc) is 2.47. The second-order valence-corrected chi connectivity index (χ2v) is 5.90. The summed E-state index contributed by atoms with van der Waals surface area (Å²) in [7, 11) is 1.97. The molecule has 23 heavy (non-hydrogen) atoms. The van der Waals surface area contributed by atoms with Gasteiger partial charge in [0.2, 0.25) is 0 Å². The Morgan fingerprint density at radius 1 is 0.739 bits per heavy atom. The van der Waals surface area contributed by atoms with E-state index in [-0.39, 0.29) is 19.8 Å². The summed E-state index contributed by atoms with van der Waals surface area (Å²) < 4.78 is 0. The fraction of sp³-hybridized carbons (Fsp3) is 0.857. The topological polar surface area (TPSA) is 108 Å². The number of hydrogen-bond donors (Lipinski definition) is 3. The summed E-state index contributed by atoms with van der Waals surface area (Å²) in [5.41, 5.74) is 0. The van der Waals surface area contributed by atoms with Gasteiger partial charge in [0.1, 0.15) is 0 Å². The average molecular weight is 332 g/mol. The Balaban J connectivity index is 2.70. The maximum absolute atomic E-state index is 11.0. The zero-order valence-corrected chi connectivity index (χ0v) is 13.7. The van der Waals surface area contributed by atoms with E-state index >= 15 is 0 Å².